The third kappa shape index (κ3) is 1.60. The van der Waals surface area contributed by atoms with Gasteiger partial charge in [-0.15, -0.1) is 0 Å². The van der Waals surface area contributed by atoms with E-state index < -0.39 is 0 Å². The largest absolute Gasteiger partial charge is 0.491 e. The molecular formula is C9H8ClNO2. The van der Waals surface area contributed by atoms with Crippen molar-refractivity contribution >= 4 is 23.2 Å². The highest BCUT2D eigenvalue weighted by molar-refractivity contribution is 6.34. The highest BCUT2D eigenvalue weighted by Crippen LogP contribution is 2.33. The van der Waals surface area contributed by atoms with Crippen molar-refractivity contribution in [3.8, 4) is 5.75 Å². The summed E-state index contributed by atoms with van der Waals surface area (Å²) in [5.41, 5.74) is 0.576. The van der Waals surface area contributed by atoms with E-state index in [1.807, 2.05) is 0 Å². The second kappa shape index (κ2) is 3.26. The summed E-state index contributed by atoms with van der Waals surface area (Å²) in [4.78, 5) is 11.1. The zero-order chi connectivity index (χ0) is 9.26. The van der Waals surface area contributed by atoms with Gasteiger partial charge in [0, 0.05) is 0 Å². The molecule has 1 aromatic rings. The van der Waals surface area contributed by atoms with Crippen molar-refractivity contribution < 1.29 is 9.53 Å². The first kappa shape index (κ1) is 8.38. The molecule has 1 amide bonds. The quantitative estimate of drug-likeness (QED) is 0.692. The average molecular weight is 198 g/mol. The molecule has 4 heteroatoms. The second-order valence-electron chi connectivity index (χ2n) is 2.76. The molecule has 1 aromatic carbocycles. The molecule has 1 aliphatic heterocycles. The molecular weight excluding hydrogens is 190 g/mol. The summed E-state index contributed by atoms with van der Waals surface area (Å²) in [6, 6.07) is 5.29. The van der Waals surface area contributed by atoms with Gasteiger partial charge in [-0.2, -0.15) is 0 Å². The number of carbonyl (C=O) groups is 1. The van der Waals surface area contributed by atoms with Crippen molar-refractivity contribution in [1.29, 1.82) is 0 Å². The predicted octanol–water partition coefficient (Wildman–Crippen LogP) is 2.06. The average Bonchev–Trinajstić information content (AvgIpc) is 2.28. The molecule has 0 radical (unpaired) electrons. The summed E-state index contributed by atoms with van der Waals surface area (Å²) < 4.78 is 5.33. The molecule has 1 aliphatic rings. The van der Waals surface area contributed by atoms with E-state index in [2.05, 4.69) is 5.32 Å². The zero-order valence-corrected chi connectivity index (χ0v) is 7.60. The Morgan fingerprint density at radius 3 is 3.15 bits per heavy atom. The van der Waals surface area contributed by atoms with Crippen molar-refractivity contribution in [2.45, 2.75) is 6.42 Å². The van der Waals surface area contributed by atoms with Crippen LogP contribution in [-0.2, 0) is 4.79 Å². The van der Waals surface area contributed by atoms with E-state index in [-0.39, 0.29) is 5.91 Å². The number of carbonyl (C=O) groups excluding carboxylic acids is 1. The number of benzene rings is 1. The van der Waals surface area contributed by atoms with Crippen LogP contribution < -0.4 is 10.1 Å². The Labute approximate surface area is 80.6 Å². The van der Waals surface area contributed by atoms with Crippen LogP contribution in [0.2, 0.25) is 5.02 Å². The molecule has 0 spiro atoms. The smallest absolute Gasteiger partial charge is 0.227 e. The lowest BCUT2D eigenvalue weighted by molar-refractivity contribution is -0.116. The molecule has 0 fully saturated rings. The SMILES string of the molecule is O=C1CCOc2cccc(Cl)c2N1. The number of ether oxygens (including phenoxy) is 1. The number of fused-ring (bicyclic) bond motifs is 1. The highest BCUT2D eigenvalue weighted by Gasteiger charge is 2.15. The number of amides is 1. The Balaban J connectivity index is 2.46. The van der Waals surface area contributed by atoms with Gasteiger partial charge in [-0.05, 0) is 12.1 Å². The molecule has 0 aliphatic carbocycles. The zero-order valence-electron chi connectivity index (χ0n) is 6.84. The third-order valence-corrected chi connectivity index (χ3v) is 2.14. The predicted molar refractivity (Wildman–Crippen MR) is 50.2 cm³/mol. The molecule has 13 heavy (non-hydrogen) atoms. The van der Waals surface area contributed by atoms with Crippen LogP contribution in [0.4, 0.5) is 5.69 Å². The Bertz CT molecular complexity index is 351. The van der Waals surface area contributed by atoms with Crippen LogP contribution in [0, 0.1) is 0 Å². The number of nitrogens with one attached hydrogen (secondary N) is 1. The maximum absolute atomic E-state index is 11.1. The van der Waals surface area contributed by atoms with E-state index in [0.717, 1.165) is 0 Å². The van der Waals surface area contributed by atoms with Crippen LogP contribution >= 0.6 is 11.6 Å². The summed E-state index contributed by atoms with van der Waals surface area (Å²) in [5.74, 6) is 0.574. The molecule has 0 atom stereocenters. The van der Waals surface area contributed by atoms with E-state index >= 15 is 0 Å². The van der Waals surface area contributed by atoms with Gasteiger partial charge in [0.25, 0.3) is 0 Å². The molecule has 1 heterocycles. The van der Waals surface area contributed by atoms with Crippen molar-refractivity contribution in [2.24, 2.45) is 0 Å². The molecule has 0 aromatic heterocycles. The fraction of sp³-hybridized carbons (Fsp3) is 0.222. The number of hydrogen-bond donors (Lipinski definition) is 1. The van der Waals surface area contributed by atoms with Crippen LogP contribution in [0.5, 0.6) is 5.75 Å². The first-order chi connectivity index (χ1) is 6.27. The number of anilines is 1. The Morgan fingerprint density at radius 2 is 2.31 bits per heavy atom. The Morgan fingerprint density at radius 1 is 1.46 bits per heavy atom. The minimum absolute atomic E-state index is 0.0631. The summed E-state index contributed by atoms with van der Waals surface area (Å²) in [5, 5.41) is 3.20. The van der Waals surface area contributed by atoms with Crippen molar-refractivity contribution in [3.05, 3.63) is 23.2 Å². The monoisotopic (exact) mass is 197 g/mol. The van der Waals surface area contributed by atoms with Gasteiger partial charge in [0.15, 0.2) is 0 Å². The molecule has 0 bridgehead atoms. The van der Waals surface area contributed by atoms with Gasteiger partial charge in [-0.25, -0.2) is 0 Å². The first-order valence-electron chi connectivity index (χ1n) is 3.98. The van der Waals surface area contributed by atoms with Gasteiger partial charge in [-0.3, -0.25) is 4.79 Å². The fourth-order valence-corrected chi connectivity index (χ4v) is 1.41. The van der Waals surface area contributed by atoms with Crippen LogP contribution in [0.3, 0.4) is 0 Å². The van der Waals surface area contributed by atoms with Crippen molar-refractivity contribution in [1.82, 2.24) is 0 Å². The van der Waals surface area contributed by atoms with E-state index in [1.165, 1.54) is 0 Å². The summed E-state index contributed by atoms with van der Waals surface area (Å²) in [6.45, 7) is 0.402. The lowest BCUT2D eigenvalue weighted by Crippen LogP contribution is -2.10. The number of halogens is 1. The Hall–Kier alpha value is -1.22. The van der Waals surface area contributed by atoms with Crippen LogP contribution in [0.25, 0.3) is 0 Å². The maximum atomic E-state index is 11.1. The highest BCUT2D eigenvalue weighted by atomic mass is 35.5. The second-order valence-corrected chi connectivity index (χ2v) is 3.17. The Kier molecular flexibility index (Phi) is 2.10. The minimum Gasteiger partial charge on any atom is -0.491 e. The first-order valence-corrected chi connectivity index (χ1v) is 4.36. The molecule has 3 nitrogen and oxygen atoms in total. The van der Waals surface area contributed by atoms with Gasteiger partial charge in [0.2, 0.25) is 5.91 Å². The fourth-order valence-electron chi connectivity index (χ4n) is 1.20. The van der Waals surface area contributed by atoms with E-state index in [1.54, 1.807) is 18.2 Å². The van der Waals surface area contributed by atoms with Gasteiger partial charge < -0.3 is 10.1 Å². The number of rotatable bonds is 0. The summed E-state index contributed by atoms with van der Waals surface area (Å²) in [6.07, 6.45) is 0.366. The topological polar surface area (TPSA) is 38.3 Å². The van der Waals surface area contributed by atoms with Crippen molar-refractivity contribution in [2.75, 3.05) is 11.9 Å². The molecule has 2 rings (SSSR count). The van der Waals surface area contributed by atoms with Gasteiger partial charge in [0.1, 0.15) is 11.4 Å². The molecule has 0 unspecified atom stereocenters. The maximum Gasteiger partial charge on any atom is 0.227 e. The van der Waals surface area contributed by atoms with E-state index in [4.69, 9.17) is 16.3 Å². The van der Waals surface area contributed by atoms with Gasteiger partial charge in [0.05, 0.1) is 18.1 Å². The number of para-hydroxylation sites is 1. The van der Waals surface area contributed by atoms with Crippen LogP contribution in [0.15, 0.2) is 18.2 Å². The molecule has 0 saturated carbocycles. The third-order valence-electron chi connectivity index (χ3n) is 1.83. The van der Waals surface area contributed by atoms with Crippen LogP contribution in [-0.4, -0.2) is 12.5 Å². The molecule has 0 saturated heterocycles. The van der Waals surface area contributed by atoms with E-state index in [0.29, 0.717) is 29.5 Å². The lowest BCUT2D eigenvalue weighted by Gasteiger charge is -2.07. The minimum atomic E-state index is -0.0631. The van der Waals surface area contributed by atoms with E-state index in [9.17, 15) is 4.79 Å². The standard InChI is InChI=1S/C9H8ClNO2/c10-6-2-1-3-7-9(6)11-8(12)4-5-13-7/h1-3H,4-5H2,(H,11,12). The normalized spacial score (nSPS) is 15.3. The summed E-state index contributed by atoms with van der Waals surface area (Å²) in [7, 11) is 0. The summed E-state index contributed by atoms with van der Waals surface area (Å²) >= 11 is 5.89. The molecule has 1 N–H and O–H groups in total. The van der Waals surface area contributed by atoms with Crippen LogP contribution in [0.1, 0.15) is 6.42 Å². The number of hydrogen-bond acceptors (Lipinski definition) is 2. The van der Waals surface area contributed by atoms with Gasteiger partial charge in [-0.1, -0.05) is 17.7 Å². The lowest BCUT2D eigenvalue weighted by atomic mass is 10.3. The van der Waals surface area contributed by atoms with Gasteiger partial charge >= 0.3 is 0 Å². The van der Waals surface area contributed by atoms with Crippen molar-refractivity contribution in [3.63, 3.8) is 0 Å². The molecule has 68 valence electrons.